The summed E-state index contributed by atoms with van der Waals surface area (Å²) in [6.45, 7) is 0.0214. The second kappa shape index (κ2) is 9.41. The van der Waals surface area contributed by atoms with E-state index in [9.17, 15) is 18.0 Å². The summed E-state index contributed by atoms with van der Waals surface area (Å²) < 4.78 is 39.8. The topological polar surface area (TPSA) is 111 Å². The van der Waals surface area contributed by atoms with E-state index in [0.717, 1.165) is 24.0 Å². The number of nitrogens with two attached hydrogens (primary N) is 1. The van der Waals surface area contributed by atoms with Crippen molar-refractivity contribution < 1.29 is 18.0 Å². The van der Waals surface area contributed by atoms with Crippen LogP contribution in [0.4, 0.5) is 23.9 Å². The lowest BCUT2D eigenvalue weighted by Crippen LogP contribution is -2.63. The summed E-state index contributed by atoms with van der Waals surface area (Å²) in [4.78, 5) is 24.8. The van der Waals surface area contributed by atoms with E-state index in [4.69, 9.17) is 5.73 Å². The number of fused-ring (bicyclic) bond motifs is 2. The Kier molecular flexibility index (Phi) is 6.20. The average molecular weight is 517 g/mol. The van der Waals surface area contributed by atoms with Gasteiger partial charge in [-0.2, -0.15) is 13.2 Å². The Balaban J connectivity index is 1.22. The number of nitrogen functional groups attached to an aromatic ring is 1. The third-order valence-electron chi connectivity index (χ3n) is 8.47. The van der Waals surface area contributed by atoms with Crippen LogP contribution in [0.3, 0.4) is 0 Å². The number of aromatic nitrogens is 2. The van der Waals surface area contributed by atoms with E-state index >= 15 is 0 Å². The van der Waals surface area contributed by atoms with E-state index in [0.29, 0.717) is 6.54 Å². The van der Waals surface area contributed by atoms with Crippen LogP contribution in [0.25, 0.3) is 0 Å². The highest BCUT2D eigenvalue weighted by molar-refractivity contribution is 5.76. The predicted molar refractivity (Wildman–Crippen MR) is 130 cm³/mol. The molecule has 1 aliphatic carbocycles. The standard InChI is InChI=1S/C25H31F3N8O/c26-25(27,28)13-35-11-18(14-4-2-1-3-5-14)21(12-35)36-10-15-6-17-20(7-19(15)32-24(36)37)33-34-22(17)16-8-30-23(29)31-9-16/h1-5,8-9,15,17-22,33-34H,6-7,10-13H2,(H,32,37)(H2,29,30,31)/t15?,17?,18-,19?,20?,21+,22?/m0/s1. The molecule has 4 heterocycles. The van der Waals surface area contributed by atoms with Crippen molar-refractivity contribution in [2.24, 2.45) is 11.8 Å². The van der Waals surface area contributed by atoms with Gasteiger partial charge in [0.15, 0.2) is 0 Å². The molecule has 2 amide bonds. The minimum atomic E-state index is -4.28. The number of halogens is 3. The van der Waals surface area contributed by atoms with Crippen LogP contribution in [0.1, 0.15) is 35.9 Å². The lowest BCUT2D eigenvalue weighted by molar-refractivity contribution is -0.143. The molecule has 9 nitrogen and oxygen atoms in total. The van der Waals surface area contributed by atoms with Gasteiger partial charge in [-0.15, -0.1) is 0 Å². The van der Waals surface area contributed by atoms with Gasteiger partial charge in [0.25, 0.3) is 0 Å². The molecule has 198 valence electrons. The molecule has 12 heteroatoms. The largest absolute Gasteiger partial charge is 0.401 e. The van der Waals surface area contributed by atoms with Crippen molar-refractivity contribution in [3.8, 4) is 0 Å². The molecule has 5 unspecified atom stereocenters. The first-order valence-electron chi connectivity index (χ1n) is 12.7. The van der Waals surface area contributed by atoms with E-state index in [1.54, 1.807) is 17.3 Å². The molecule has 7 atom stereocenters. The summed E-state index contributed by atoms with van der Waals surface area (Å²) in [6.07, 6.45) is 0.830. The number of nitrogens with one attached hydrogen (secondary N) is 3. The van der Waals surface area contributed by atoms with Gasteiger partial charge in [0, 0.05) is 55.6 Å². The minimum Gasteiger partial charge on any atom is -0.368 e. The summed E-state index contributed by atoms with van der Waals surface area (Å²) in [5.74, 6) is 0.493. The third-order valence-corrected chi connectivity index (χ3v) is 8.47. The molecule has 4 aliphatic rings. The maximum absolute atomic E-state index is 13.3. The molecule has 0 spiro atoms. The number of anilines is 1. The molecule has 2 aromatic rings. The number of likely N-dealkylation sites (tertiary alicyclic amines) is 1. The number of hydrazine groups is 1. The van der Waals surface area contributed by atoms with Gasteiger partial charge in [-0.05, 0) is 30.2 Å². The molecule has 3 saturated heterocycles. The normalized spacial score (nSPS) is 34.2. The molecule has 0 radical (unpaired) electrons. The second-order valence-electron chi connectivity index (χ2n) is 10.7. The van der Waals surface area contributed by atoms with E-state index in [1.165, 1.54) is 4.90 Å². The van der Waals surface area contributed by atoms with Crippen LogP contribution in [0.15, 0.2) is 42.7 Å². The third kappa shape index (κ3) is 4.85. The molecule has 37 heavy (non-hydrogen) atoms. The van der Waals surface area contributed by atoms with Crippen molar-refractivity contribution in [3.63, 3.8) is 0 Å². The van der Waals surface area contributed by atoms with E-state index in [-0.39, 0.29) is 67.0 Å². The van der Waals surface area contributed by atoms with Gasteiger partial charge in [-0.25, -0.2) is 20.2 Å². The maximum atomic E-state index is 13.3. The van der Waals surface area contributed by atoms with Crippen LogP contribution in [-0.2, 0) is 0 Å². The number of alkyl halides is 3. The van der Waals surface area contributed by atoms with Crippen molar-refractivity contribution in [2.75, 3.05) is 31.9 Å². The molecule has 3 aliphatic heterocycles. The summed E-state index contributed by atoms with van der Waals surface area (Å²) >= 11 is 0. The molecule has 1 aromatic heterocycles. The van der Waals surface area contributed by atoms with Gasteiger partial charge in [0.2, 0.25) is 5.95 Å². The maximum Gasteiger partial charge on any atom is 0.401 e. The molecular formula is C25H31F3N8O. The van der Waals surface area contributed by atoms with Gasteiger partial charge >= 0.3 is 12.2 Å². The van der Waals surface area contributed by atoms with Crippen molar-refractivity contribution in [3.05, 3.63) is 53.9 Å². The highest BCUT2D eigenvalue weighted by atomic mass is 19.4. The number of nitrogens with zero attached hydrogens (tertiary/aromatic N) is 4. The lowest BCUT2D eigenvalue weighted by Gasteiger charge is -2.48. The highest BCUT2D eigenvalue weighted by Gasteiger charge is 2.51. The first-order chi connectivity index (χ1) is 17.7. The fraction of sp³-hybridized carbons (Fsp3) is 0.560. The zero-order valence-corrected chi connectivity index (χ0v) is 20.2. The van der Waals surface area contributed by atoms with Gasteiger partial charge in [-0.1, -0.05) is 30.3 Å². The Hall–Kier alpha value is -2.96. The Morgan fingerprint density at radius 1 is 0.973 bits per heavy atom. The van der Waals surface area contributed by atoms with Crippen molar-refractivity contribution in [1.29, 1.82) is 0 Å². The average Bonchev–Trinajstić information content (AvgIpc) is 3.46. The van der Waals surface area contributed by atoms with Gasteiger partial charge in [0.05, 0.1) is 18.6 Å². The summed E-state index contributed by atoms with van der Waals surface area (Å²) in [5, 5.41) is 3.19. The summed E-state index contributed by atoms with van der Waals surface area (Å²) in [6, 6.07) is 9.27. The number of rotatable bonds is 4. The number of carbonyl (C=O) groups is 1. The molecule has 0 bridgehead atoms. The van der Waals surface area contributed by atoms with E-state index in [2.05, 4.69) is 26.1 Å². The molecule has 1 saturated carbocycles. The molecule has 1 aromatic carbocycles. The highest BCUT2D eigenvalue weighted by Crippen LogP contribution is 2.43. The van der Waals surface area contributed by atoms with E-state index in [1.807, 2.05) is 30.3 Å². The fourth-order valence-electron chi connectivity index (χ4n) is 6.83. The summed E-state index contributed by atoms with van der Waals surface area (Å²) in [5.41, 5.74) is 14.3. The number of amides is 2. The first kappa shape index (κ1) is 24.4. The van der Waals surface area contributed by atoms with Crippen LogP contribution in [0.2, 0.25) is 0 Å². The second-order valence-corrected chi connectivity index (χ2v) is 10.7. The number of carbonyl (C=O) groups excluding carboxylic acids is 1. The van der Waals surface area contributed by atoms with Crippen LogP contribution >= 0.6 is 0 Å². The van der Waals surface area contributed by atoms with Crippen LogP contribution < -0.4 is 21.9 Å². The number of urea groups is 1. The van der Waals surface area contributed by atoms with Crippen LogP contribution in [-0.4, -0.2) is 76.3 Å². The Labute approximate surface area is 213 Å². The molecule has 4 fully saturated rings. The van der Waals surface area contributed by atoms with Gasteiger partial charge in [-0.3, -0.25) is 10.3 Å². The van der Waals surface area contributed by atoms with Crippen molar-refractivity contribution in [2.45, 2.75) is 49.1 Å². The molecule has 6 rings (SSSR count). The Morgan fingerprint density at radius 2 is 1.73 bits per heavy atom. The zero-order valence-electron chi connectivity index (χ0n) is 20.2. The monoisotopic (exact) mass is 516 g/mol. The SMILES string of the molecule is Nc1ncc(C2NNC3CC4NC(=O)N([C@@H]5CN(CC(F)(F)F)C[C@H]5c5ccccc5)CC4CC32)cn1. The van der Waals surface area contributed by atoms with Gasteiger partial charge < -0.3 is 16.0 Å². The van der Waals surface area contributed by atoms with E-state index < -0.39 is 12.7 Å². The zero-order chi connectivity index (χ0) is 25.7. The minimum absolute atomic E-state index is 0.0171. The van der Waals surface area contributed by atoms with Crippen molar-refractivity contribution >= 4 is 12.0 Å². The summed E-state index contributed by atoms with van der Waals surface area (Å²) in [7, 11) is 0. The Bertz CT molecular complexity index is 1120. The quantitative estimate of drug-likeness (QED) is 0.492. The smallest absolute Gasteiger partial charge is 0.368 e. The Morgan fingerprint density at radius 3 is 2.46 bits per heavy atom. The molecular weight excluding hydrogens is 485 g/mol. The van der Waals surface area contributed by atoms with Crippen LogP contribution in [0, 0.1) is 11.8 Å². The number of hydrogen-bond acceptors (Lipinski definition) is 7. The lowest BCUT2D eigenvalue weighted by atomic mass is 9.71. The van der Waals surface area contributed by atoms with Crippen molar-refractivity contribution in [1.82, 2.24) is 35.9 Å². The van der Waals surface area contributed by atoms with Crippen LogP contribution in [0.5, 0.6) is 0 Å². The first-order valence-corrected chi connectivity index (χ1v) is 12.7. The predicted octanol–water partition coefficient (Wildman–Crippen LogP) is 2.03. The van der Waals surface area contributed by atoms with Gasteiger partial charge in [0.1, 0.15) is 0 Å². The molecule has 5 N–H and O–H groups in total. The fourth-order valence-corrected chi connectivity index (χ4v) is 6.83. The number of benzene rings is 1. The number of hydrogen-bond donors (Lipinski definition) is 4.